The van der Waals surface area contributed by atoms with Crippen LogP contribution in [-0.2, 0) is 5.41 Å². The highest BCUT2D eigenvalue weighted by atomic mass is 14.3. The first-order chi connectivity index (χ1) is 8.83. The SMILES string of the molecule is C=CCC(C=C)(C1=CCCC=C1)c1ccccc1. The van der Waals surface area contributed by atoms with Gasteiger partial charge in [-0.05, 0) is 30.4 Å². The predicted molar refractivity (Wildman–Crippen MR) is 79.6 cm³/mol. The van der Waals surface area contributed by atoms with Gasteiger partial charge in [0.2, 0.25) is 0 Å². The fourth-order valence-corrected chi connectivity index (χ4v) is 2.63. The standard InChI is InChI=1S/C18H20/c1-3-15-18(4-2,16-11-7-5-8-12-16)17-13-9-6-10-14-17/h3-5,7-9,11-14H,1-2,6,10,15H2. The normalized spacial score (nSPS) is 17.7. The molecule has 0 heteroatoms. The van der Waals surface area contributed by atoms with Crippen molar-refractivity contribution in [2.45, 2.75) is 24.7 Å². The smallest absolute Gasteiger partial charge is 0.0410 e. The highest BCUT2D eigenvalue weighted by Crippen LogP contribution is 2.39. The Balaban J connectivity index is 2.52. The molecule has 1 unspecified atom stereocenters. The Bertz CT molecular complexity index is 476. The van der Waals surface area contributed by atoms with Crippen molar-refractivity contribution in [2.24, 2.45) is 0 Å². The molecular weight excluding hydrogens is 216 g/mol. The van der Waals surface area contributed by atoms with Gasteiger partial charge in [0.25, 0.3) is 0 Å². The number of benzene rings is 1. The molecule has 0 radical (unpaired) electrons. The third kappa shape index (κ3) is 2.24. The third-order valence-electron chi connectivity index (χ3n) is 3.61. The van der Waals surface area contributed by atoms with Crippen molar-refractivity contribution >= 4 is 0 Å². The number of rotatable bonds is 5. The van der Waals surface area contributed by atoms with E-state index in [2.05, 4.69) is 67.8 Å². The molecule has 0 saturated heterocycles. The maximum Gasteiger partial charge on any atom is 0.0410 e. The van der Waals surface area contributed by atoms with E-state index in [1.807, 2.05) is 6.08 Å². The zero-order valence-electron chi connectivity index (χ0n) is 10.8. The summed E-state index contributed by atoms with van der Waals surface area (Å²) < 4.78 is 0. The lowest BCUT2D eigenvalue weighted by Gasteiger charge is -2.33. The molecule has 1 atom stereocenters. The summed E-state index contributed by atoms with van der Waals surface area (Å²) in [6.45, 7) is 8.00. The zero-order chi connectivity index (χ0) is 12.8. The molecule has 0 heterocycles. The Hall–Kier alpha value is -1.82. The van der Waals surface area contributed by atoms with Crippen LogP contribution >= 0.6 is 0 Å². The molecule has 1 aromatic carbocycles. The van der Waals surface area contributed by atoms with E-state index < -0.39 is 0 Å². The molecule has 1 aliphatic carbocycles. The van der Waals surface area contributed by atoms with Gasteiger partial charge in [0.1, 0.15) is 0 Å². The van der Waals surface area contributed by atoms with Gasteiger partial charge in [0.15, 0.2) is 0 Å². The van der Waals surface area contributed by atoms with Crippen molar-refractivity contribution in [2.75, 3.05) is 0 Å². The zero-order valence-corrected chi connectivity index (χ0v) is 10.8. The van der Waals surface area contributed by atoms with Gasteiger partial charge in [0.05, 0.1) is 0 Å². The van der Waals surface area contributed by atoms with Crippen LogP contribution in [-0.4, -0.2) is 0 Å². The average molecular weight is 236 g/mol. The molecule has 0 spiro atoms. The number of hydrogen-bond acceptors (Lipinski definition) is 0. The van der Waals surface area contributed by atoms with Crippen molar-refractivity contribution in [3.8, 4) is 0 Å². The topological polar surface area (TPSA) is 0 Å². The fraction of sp³-hybridized carbons (Fsp3) is 0.222. The van der Waals surface area contributed by atoms with Crippen LogP contribution in [0.15, 0.2) is 79.4 Å². The first-order valence-electron chi connectivity index (χ1n) is 6.50. The van der Waals surface area contributed by atoms with Gasteiger partial charge in [-0.2, -0.15) is 0 Å². The van der Waals surface area contributed by atoms with E-state index >= 15 is 0 Å². The summed E-state index contributed by atoms with van der Waals surface area (Å²) >= 11 is 0. The van der Waals surface area contributed by atoms with Crippen molar-refractivity contribution in [1.29, 1.82) is 0 Å². The van der Waals surface area contributed by atoms with E-state index in [0.717, 1.165) is 19.3 Å². The van der Waals surface area contributed by atoms with Gasteiger partial charge in [-0.1, -0.05) is 60.7 Å². The van der Waals surface area contributed by atoms with Crippen molar-refractivity contribution in [3.05, 3.63) is 85.0 Å². The molecule has 92 valence electrons. The van der Waals surface area contributed by atoms with Gasteiger partial charge in [-0.3, -0.25) is 0 Å². The van der Waals surface area contributed by atoms with Gasteiger partial charge in [0, 0.05) is 5.41 Å². The number of allylic oxidation sites excluding steroid dienone is 6. The Morgan fingerprint density at radius 2 is 1.89 bits per heavy atom. The van der Waals surface area contributed by atoms with Crippen LogP contribution in [0.5, 0.6) is 0 Å². The molecule has 1 aliphatic rings. The lowest BCUT2D eigenvalue weighted by Crippen LogP contribution is -2.25. The molecule has 0 aliphatic heterocycles. The van der Waals surface area contributed by atoms with Crippen molar-refractivity contribution in [3.63, 3.8) is 0 Å². The van der Waals surface area contributed by atoms with Gasteiger partial charge < -0.3 is 0 Å². The maximum absolute atomic E-state index is 4.08. The van der Waals surface area contributed by atoms with Crippen LogP contribution < -0.4 is 0 Å². The molecule has 18 heavy (non-hydrogen) atoms. The summed E-state index contributed by atoms with van der Waals surface area (Å²) in [5.74, 6) is 0. The summed E-state index contributed by atoms with van der Waals surface area (Å²) in [4.78, 5) is 0. The monoisotopic (exact) mass is 236 g/mol. The summed E-state index contributed by atoms with van der Waals surface area (Å²) in [7, 11) is 0. The minimum absolute atomic E-state index is 0.125. The van der Waals surface area contributed by atoms with Crippen LogP contribution in [0.25, 0.3) is 0 Å². The Kier molecular flexibility index (Phi) is 3.99. The lowest BCUT2D eigenvalue weighted by atomic mass is 9.70. The largest absolute Gasteiger partial charge is 0.103 e. The van der Waals surface area contributed by atoms with E-state index in [-0.39, 0.29) is 5.41 Å². The van der Waals surface area contributed by atoms with Crippen molar-refractivity contribution in [1.82, 2.24) is 0 Å². The van der Waals surface area contributed by atoms with Gasteiger partial charge in [-0.15, -0.1) is 13.2 Å². The molecule has 2 rings (SSSR count). The van der Waals surface area contributed by atoms with E-state index in [9.17, 15) is 0 Å². The highest BCUT2D eigenvalue weighted by molar-refractivity contribution is 5.47. The highest BCUT2D eigenvalue weighted by Gasteiger charge is 2.30. The first kappa shape index (κ1) is 12.6. The van der Waals surface area contributed by atoms with Crippen LogP contribution in [0.2, 0.25) is 0 Å². The Labute approximate surface area is 110 Å². The van der Waals surface area contributed by atoms with E-state index in [1.165, 1.54) is 11.1 Å². The van der Waals surface area contributed by atoms with Crippen LogP contribution in [0.3, 0.4) is 0 Å². The third-order valence-corrected chi connectivity index (χ3v) is 3.61. The Morgan fingerprint density at radius 1 is 1.11 bits per heavy atom. The molecule has 0 N–H and O–H groups in total. The molecule has 0 aromatic heterocycles. The van der Waals surface area contributed by atoms with Crippen molar-refractivity contribution < 1.29 is 0 Å². The summed E-state index contributed by atoms with van der Waals surface area (Å²) in [6, 6.07) is 10.6. The lowest BCUT2D eigenvalue weighted by molar-refractivity contribution is 0.646. The molecule has 0 bridgehead atoms. The molecule has 1 aromatic rings. The van der Waals surface area contributed by atoms with Gasteiger partial charge >= 0.3 is 0 Å². The fourth-order valence-electron chi connectivity index (χ4n) is 2.63. The van der Waals surface area contributed by atoms with Gasteiger partial charge in [-0.25, -0.2) is 0 Å². The minimum Gasteiger partial charge on any atom is -0.103 e. The Morgan fingerprint density at radius 3 is 2.44 bits per heavy atom. The summed E-state index contributed by atoms with van der Waals surface area (Å²) in [6.07, 6.45) is 14.0. The van der Waals surface area contributed by atoms with E-state index in [4.69, 9.17) is 0 Å². The molecule has 0 saturated carbocycles. The molecule has 0 nitrogen and oxygen atoms in total. The average Bonchev–Trinajstić information content (AvgIpc) is 2.47. The maximum atomic E-state index is 4.08. The van der Waals surface area contributed by atoms with E-state index in [1.54, 1.807) is 0 Å². The molecule has 0 amide bonds. The minimum atomic E-state index is -0.125. The first-order valence-corrected chi connectivity index (χ1v) is 6.50. The molecular formula is C18H20. The summed E-state index contributed by atoms with van der Waals surface area (Å²) in [5, 5.41) is 0. The second-order valence-electron chi connectivity index (χ2n) is 4.67. The van der Waals surface area contributed by atoms with Crippen LogP contribution in [0.4, 0.5) is 0 Å². The number of hydrogen-bond donors (Lipinski definition) is 0. The summed E-state index contributed by atoms with van der Waals surface area (Å²) in [5.41, 5.74) is 2.51. The second-order valence-corrected chi connectivity index (χ2v) is 4.67. The quantitative estimate of drug-likeness (QED) is 0.634. The van der Waals surface area contributed by atoms with Crippen LogP contribution in [0, 0.1) is 0 Å². The van der Waals surface area contributed by atoms with E-state index in [0.29, 0.717) is 0 Å². The predicted octanol–water partition coefficient (Wildman–Crippen LogP) is 4.96. The molecule has 0 fully saturated rings. The van der Waals surface area contributed by atoms with Crippen LogP contribution in [0.1, 0.15) is 24.8 Å². The second kappa shape index (κ2) is 5.68.